The van der Waals surface area contributed by atoms with Gasteiger partial charge in [-0.15, -0.1) is 0 Å². The average Bonchev–Trinajstić information content (AvgIpc) is 2.45. The van der Waals surface area contributed by atoms with Gasteiger partial charge in [-0.3, -0.25) is 4.79 Å². The van der Waals surface area contributed by atoms with Crippen LogP contribution in [0.15, 0.2) is 18.3 Å². The van der Waals surface area contributed by atoms with Crippen molar-refractivity contribution < 1.29 is 4.79 Å². The Labute approximate surface area is 144 Å². The van der Waals surface area contributed by atoms with Crippen LogP contribution in [0.25, 0.3) is 0 Å². The zero-order valence-electron chi connectivity index (χ0n) is 14.8. The van der Waals surface area contributed by atoms with Crippen LogP contribution in [0.1, 0.15) is 40.0 Å². The van der Waals surface area contributed by atoms with Crippen molar-refractivity contribution in [3.05, 3.63) is 23.5 Å². The second kappa shape index (κ2) is 9.08. The maximum Gasteiger partial charge on any atom is 0.242 e. The highest BCUT2D eigenvalue weighted by molar-refractivity contribution is 6.32. The Balaban J connectivity index is 2.60. The summed E-state index contributed by atoms with van der Waals surface area (Å²) in [5.74, 6) is -0.0118. The zero-order valence-corrected chi connectivity index (χ0v) is 15.6. The van der Waals surface area contributed by atoms with E-state index >= 15 is 0 Å². The molecule has 6 heteroatoms. The average molecular weight is 341 g/mol. The molecule has 0 fully saturated rings. The van der Waals surface area contributed by atoms with Gasteiger partial charge in [-0.2, -0.15) is 0 Å². The number of rotatable bonds is 9. The Kier molecular flexibility index (Phi) is 7.79. The summed E-state index contributed by atoms with van der Waals surface area (Å²) in [5, 5.41) is 6.69. The zero-order chi connectivity index (χ0) is 17.5. The summed E-state index contributed by atoms with van der Waals surface area (Å²) in [6, 6.07) is 3.29. The van der Waals surface area contributed by atoms with Crippen LogP contribution in [0.4, 0.5) is 5.69 Å². The summed E-state index contributed by atoms with van der Waals surface area (Å²) < 4.78 is 0. The molecule has 0 saturated carbocycles. The van der Waals surface area contributed by atoms with Crippen LogP contribution >= 0.6 is 11.6 Å². The number of pyridine rings is 1. The largest absolute Gasteiger partial charge is 0.371 e. The molecule has 1 heterocycles. The molecule has 0 aliphatic carbocycles. The highest BCUT2D eigenvalue weighted by Gasteiger charge is 2.25. The quantitative estimate of drug-likeness (QED) is 0.678. The standard InChI is InChI=1S/C17H29ClN4O/c1-6-13(20-14-9-7-11-19-15(14)18)16(23)21-17(2,3)10-8-12-22(4)5/h7,9,11,13,20H,6,8,10,12H2,1-5H3,(H,21,23). The summed E-state index contributed by atoms with van der Waals surface area (Å²) in [4.78, 5) is 18.7. The lowest BCUT2D eigenvalue weighted by Crippen LogP contribution is -2.50. The van der Waals surface area contributed by atoms with Crippen molar-refractivity contribution in [1.82, 2.24) is 15.2 Å². The molecule has 0 saturated heterocycles. The topological polar surface area (TPSA) is 57.3 Å². The van der Waals surface area contributed by atoms with Crippen LogP contribution in [0.2, 0.25) is 5.15 Å². The van der Waals surface area contributed by atoms with Crippen LogP contribution in [0.3, 0.4) is 0 Å². The van der Waals surface area contributed by atoms with Gasteiger partial charge in [0.1, 0.15) is 6.04 Å². The maximum absolute atomic E-state index is 12.6. The first kappa shape index (κ1) is 19.7. The molecule has 1 aromatic rings. The van der Waals surface area contributed by atoms with Gasteiger partial charge in [0.15, 0.2) is 5.15 Å². The summed E-state index contributed by atoms with van der Waals surface area (Å²) in [7, 11) is 4.11. The number of nitrogens with one attached hydrogen (secondary N) is 2. The lowest BCUT2D eigenvalue weighted by Gasteiger charge is -2.29. The fraction of sp³-hybridized carbons (Fsp3) is 0.647. The highest BCUT2D eigenvalue weighted by atomic mass is 35.5. The summed E-state index contributed by atoms with van der Waals surface area (Å²) in [6.07, 6.45) is 4.27. The number of aromatic nitrogens is 1. The molecule has 1 unspecified atom stereocenters. The summed E-state index contributed by atoms with van der Waals surface area (Å²) in [5.41, 5.74) is 0.447. The molecule has 23 heavy (non-hydrogen) atoms. The van der Waals surface area contributed by atoms with Crippen LogP contribution < -0.4 is 10.6 Å². The number of hydrogen-bond donors (Lipinski definition) is 2. The number of anilines is 1. The molecule has 2 N–H and O–H groups in total. The smallest absolute Gasteiger partial charge is 0.242 e. The number of nitrogens with zero attached hydrogens (tertiary/aromatic N) is 2. The Hall–Kier alpha value is -1.33. The minimum absolute atomic E-state index is 0.0118. The van der Waals surface area contributed by atoms with Gasteiger partial charge in [-0.05, 0) is 65.9 Å². The fourth-order valence-electron chi connectivity index (χ4n) is 2.35. The predicted molar refractivity (Wildman–Crippen MR) is 97.0 cm³/mol. The molecule has 0 aliphatic rings. The predicted octanol–water partition coefficient (Wildman–Crippen LogP) is 3.16. The van der Waals surface area contributed by atoms with E-state index in [0.29, 0.717) is 17.3 Å². The van der Waals surface area contributed by atoms with Gasteiger partial charge >= 0.3 is 0 Å². The number of carbonyl (C=O) groups is 1. The molecule has 1 rings (SSSR count). The van der Waals surface area contributed by atoms with Crippen LogP contribution in [0.5, 0.6) is 0 Å². The van der Waals surface area contributed by atoms with Gasteiger partial charge in [0, 0.05) is 11.7 Å². The van der Waals surface area contributed by atoms with Gasteiger partial charge in [0.2, 0.25) is 5.91 Å². The molecule has 1 amide bonds. The first-order valence-corrected chi connectivity index (χ1v) is 8.47. The van der Waals surface area contributed by atoms with Gasteiger partial charge in [-0.1, -0.05) is 18.5 Å². The molecule has 1 atom stereocenters. The molecule has 0 bridgehead atoms. The van der Waals surface area contributed by atoms with E-state index in [4.69, 9.17) is 11.6 Å². The first-order valence-electron chi connectivity index (χ1n) is 8.09. The van der Waals surface area contributed by atoms with E-state index in [1.807, 2.05) is 13.0 Å². The third-order valence-corrected chi connectivity index (χ3v) is 3.98. The summed E-state index contributed by atoms with van der Waals surface area (Å²) in [6.45, 7) is 7.11. The van der Waals surface area contributed by atoms with E-state index in [0.717, 1.165) is 19.4 Å². The highest BCUT2D eigenvalue weighted by Crippen LogP contribution is 2.20. The van der Waals surface area contributed by atoms with Crippen molar-refractivity contribution in [2.45, 2.75) is 51.6 Å². The molecule has 5 nitrogen and oxygen atoms in total. The Morgan fingerprint density at radius 3 is 2.70 bits per heavy atom. The second-order valence-electron chi connectivity index (χ2n) is 6.73. The van der Waals surface area contributed by atoms with E-state index in [1.165, 1.54) is 0 Å². The number of halogens is 1. The second-order valence-corrected chi connectivity index (χ2v) is 7.08. The molecule has 0 aromatic carbocycles. The van der Waals surface area contributed by atoms with Crippen molar-refractivity contribution >= 4 is 23.2 Å². The minimum atomic E-state index is -0.329. The number of hydrogen-bond acceptors (Lipinski definition) is 4. The van der Waals surface area contributed by atoms with Crippen molar-refractivity contribution in [2.24, 2.45) is 0 Å². The molecule has 130 valence electrons. The lowest BCUT2D eigenvalue weighted by molar-refractivity contribution is -0.123. The Bertz CT molecular complexity index is 505. The lowest BCUT2D eigenvalue weighted by atomic mass is 9.97. The minimum Gasteiger partial charge on any atom is -0.371 e. The number of carbonyl (C=O) groups excluding carboxylic acids is 1. The van der Waals surface area contributed by atoms with Gasteiger partial charge < -0.3 is 15.5 Å². The van der Waals surface area contributed by atoms with Crippen LogP contribution in [0, 0.1) is 0 Å². The molecule has 1 aromatic heterocycles. The van der Waals surface area contributed by atoms with Crippen LogP contribution in [-0.4, -0.2) is 48.0 Å². The van der Waals surface area contributed by atoms with Crippen molar-refractivity contribution in [3.63, 3.8) is 0 Å². The van der Waals surface area contributed by atoms with E-state index in [9.17, 15) is 4.79 Å². The fourth-order valence-corrected chi connectivity index (χ4v) is 2.53. The Morgan fingerprint density at radius 1 is 1.43 bits per heavy atom. The molecule has 0 radical (unpaired) electrons. The third-order valence-electron chi connectivity index (χ3n) is 3.68. The van der Waals surface area contributed by atoms with Gasteiger partial charge in [-0.25, -0.2) is 4.98 Å². The molecule has 0 spiro atoms. The maximum atomic E-state index is 12.6. The monoisotopic (exact) mass is 340 g/mol. The van der Waals surface area contributed by atoms with E-state index < -0.39 is 0 Å². The van der Waals surface area contributed by atoms with Gasteiger partial charge in [0.05, 0.1) is 5.69 Å². The first-order chi connectivity index (χ1) is 10.7. The van der Waals surface area contributed by atoms with Crippen LogP contribution in [-0.2, 0) is 4.79 Å². The third kappa shape index (κ3) is 7.18. The van der Waals surface area contributed by atoms with Crippen molar-refractivity contribution in [1.29, 1.82) is 0 Å². The number of amides is 1. The SMILES string of the molecule is CCC(Nc1cccnc1Cl)C(=O)NC(C)(C)CCCN(C)C. The van der Waals surface area contributed by atoms with Crippen molar-refractivity contribution in [2.75, 3.05) is 26.0 Å². The Morgan fingerprint density at radius 2 is 2.13 bits per heavy atom. The van der Waals surface area contributed by atoms with E-state index in [-0.39, 0.29) is 17.5 Å². The van der Waals surface area contributed by atoms with E-state index in [1.54, 1.807) is 12.3 Å². The normalized spacial score (nSPS) is 13.0. The van der Waals surface area contributed by atoms with Gasteiger partial charge in [0.25, 0.3) is 0 Å². The molecule has 0 aliphatic heterocycles. The van der Waals surface area contributed by atoms with E-state index in [2.05, 4.69) is 48.5 Å². The van der Waals surface area contributed by atoms with Crippen molar-refractivity contribution in [3.8, 4) is 0 Å². The molecular weight excluding hydrogens is 312 g/mol. The summed E-state index contributed by atoms with van der Waals surface area (Å²) >= 11 is 6.05. The molecular formula is C17H29ClN4O.